The summed E-state index contributed by atoms with van der Waals surface area (Å²) in [7, 11) is 0. The van der Waals surface area contributed by atoms with Gasteiger partial charge < -0.3 is 4.74 Å². The smallest absolute Gasteiger partial charge is 0.126 e. The molecule has 84 valence electrons. The molecular formula is C15H18O. The first kappa shape index (κ1) is 12.3. The molecule has 0 fully saturated rings. The molecule has 0 atom stereocenters. The van der Waals surface area contributed by atoms with Crippen LogP contribution in [0.1, 0.15) is 25.0 Å². The highest BCUT2D eigenvalue weighted by molar-refractivity contribution is 5.58. The summed E-state index contributed by atoms with van der Waals surface area (Å²) in [6.45, 7) is 7.81. The Balaban J connectivity index is 2.66. The second kappa shape index (κ2) is 6.67. The second-order valence-corrected chi connectivity index (χ2v) is 3.48. The van der Waals surface area contributed by atoms with Crippen molar-refractivity contribution in [3.05, 3.63) is 66.5 Å². The molecule has 0 N–H and O–H groups in total. The summed E-state index contributed by atoms with van der Waals surface area (Å²) in [5.74, 6) is 0.677. The Morgan fingerprint density at radius 1 is 1.19 bits per heavy atom. The van der Waals surface area contributed by atoms with Crippen LogP contribution in [0.15, 0.2) is 55.3 Å². The standard InChI is InChI=1S/C15H18O/c1-4-6-7-14-8-10-15(11-9-14)13(3)16-12-5-2/h4-6,8-12H,3,7H2,1-2H3/b6-4+,12-5-. The van der Waals surface area contributed by atoms with Gasteiger partial charge in [0.05, 0.1) is 6.26 Å². The summed E-state index contributed by atoms with van der Waals surface area (Å²) < 4.78 is 5.31. The number of rotatable bonds is 5. The molecule has 1 heteroatoms. The van der Waals surface area contributed by atoms with E-state index in [1.54, 1.807) is 6.26 Å². The van der Waals surface area contributed by atoms with Gasteiger partial charge in [-0.25, -0.2) is 0 Å². The summed E-state index contributed by atoms with van der Waals surface area (Å²) in [6.07, 6.45) is 8.64. The van der Waals surface area contributed by atoms with Gasteiger partial charge in [-0.05, 0) is 25.8 Å². The van der Waals surface area contributed by atoms with Crippen LogP contribution in [0.2, 0.25) is 0 Å². The maximum absolute atomic E-state index is 5.31. The lowest BCUT2D eigenvalue weighted by Crippen LogP contribution is -1.86. The fourth-order valence-corrected chi connectivity index (χ4v) is 1.30. The first-order chi connectivity index (χ1) is 7.77. The maximum Gasteiger partial charge on any atom is 0.126 e. The highest BCUT2D eigenvalue weighted by atomic mass is 16.5. The van der Waals surface area contributed by atoms with Crippen LogP contribution in [-0.2, 0) is 11.2 Å². The molecule has 1 aromatic carbocycles. The van der Waals surface area contributed by atoms with Crippen molar-refractivity contribution in [3.8, 4) is 0 Å². The van der Waals surface area contributed by atoms with Gasteiger partial charge >= 0.3 is 0 Å². The fourth-order valence-electron chi connectivity index (χ4n) is 1.30. The molecule has 0 saturated heterocycles. The third-order valence-electron chi connectivity index (χ3n) is 2.21. The predicted octanol–water partition coefficient (Wildman–Crippen LogP) is 4.33. The van der Waals surface area contributed by atoms with Crippen LogP contribution < -0.4 is 0 Å². The lowest BCUT2D eigenvalue weighted by molar-refractivity contribution is 0.437. The van der Waals surface area contributed by atoms with Gasteiger partial charge in [0.15, 0.2) is 0 Å². The van der Waals surface area contributed by atoms with E-state index in [-0.39, 0.29) is 0 Å². The molecule has 0 heterocycles. The lowest BCUT2D eigenvalue weighted by atomic mass is 10.1. The van der Waals surface area contributed by atoms with Crippen LogP contribution in [0, 0.1) is 0 Å². The molecule has 0 radical (unpaired) electrons. The molecule has 0 aliphatic rings. The molecule has 0 aliphatic carbocycles. The molecule has 0 amide bonds. The van der Waals surface area contributed by atoms with Gasteiger partial charge in [-0.2, -0.15) is 0 Å². The molecule has 1 aromatic rings. The Labute approximate surface area is 97.8 Å². The van der Waals surface area contributed by atoms with Crippen LogP contribution in [0.5, 0.6) is 0 Å². The first-order valence-electron chi connectivity index (χ1n) is 5.45. The Bertz CT molecular complexity index is 382. The molecule has 1 rings (SSSR count). The monoisotopic (exact) mass is 214 g/mol. The zero-order valence-electron chi connectivity index (χ0n) is 9.94. The largest absolute Gasteiger partial charge is 0.465 e. The molecule has 16 heavy (non-hydrogen) atoms. The van der Waals surface area contributed by atoms with Crippen molar-refractivity contribution in [1.82, 2.24) is 0 Å². The summed E-state index contributed by atoms with van der Waals surface area (Å²) in [5, 5.41) is 0. The molecule has 0 spiro atoms. The van der Waals surface area contributed by atoms with E-state index in [9.17, 15) is 0 Å². The first-order valence-corrected chi connectivity index (χ1v) is 5.45. The molecule has 0 bridgehead atoms. The van der Waals surface area contributed by atoms with Gasteiger partial charge in [0.25, 0.3) is 0 Å². The van der Waals surface area contributed by atoms with E-state index in [2.05, 4.69) is 30.9 Å². The second-order valence-electron chi connectivity index (χ2n) is 3.48. The number of allylic oxidation sites excluding steroid dienone is 3. The Kier molecular flexibility index (Phi) is 5.13. The molecule has 0 saturated carbocycles. The lowest BCUT2D eigenvalue weighted by Gasteiger charge is -2.05. The third-order valence-corrected chi connectivity index (χ3v) is 2.21. The van der Waals surface area contributed by atoms with Gasteiger partial charge in [-0.1, -0.05) is 49.1 Å². The van der Waals surface area contributed by atoms with Crippen LogP contribution in [-0.4, -0.2) is 0 Å². The van der Waals surface area contributed by atoms with Gasteiger partial charge in [0, 0.05) is 5.56 Å². The third kappa shape index (κ3) is 3.77. The van der Waals surface area contributed by atoms with Crippen LogP contribution in [0.3, 0.4) is 0 Å². The zero-order chi connectivity index (χ0) is 11.8. The van der Waals surface area contributed by atoms with E-state index in [0.717, 1.165) is 12.0 Å². The normalized spacial score (nSPS) is 11.1. The molecule has 0 aromatic heterocycles. The van der Waals surface area contributed by atoms with E-state index >= 15 is 0 Å². The minimum atomic E-state index is 0.677. The molecular weight excluding hydrogens is 196 g/mol. The minimum Gasteiger partial charge on any atom is -0.465 e. The Morgan fingerprint density at radius 3 is 2.44 bits per heavy atom. The molecule has 0 aliphatic heterocycles. The Morgan fingerprint density at radius 2 is 1.88 bits per heavy atom. The number of ether oxygens (including phenoxy) is 1. The topological polar surface area (TPSA) is 9.23 Å². The number of hydrogen-bond donors (Lipinski definition) is 0. The summed E-state index contributed by atoms with van der Waals surface area (Å²) >= 11 is 0. The SMILES string of the molecule is C=C(O/C=C\C)c1ccc(C/C=C/C)cc1. The quantitative estimate of drug-likeness (QED) is 0.523. The molecule has 1 nitrogen and oxygen atoms in total. The van der Waals surface area contributed by atoms with Gasteiger partial charge in [-0.15, -0.1) is 0 Å². The number of benzene rings is 1. The predicted molar refractivity (Wildman–Crippen MR) is 69.9 cm³/mol. The van der Waals surface area contributed by atoms with Crippen molar-refractivity contribution in [2.75, 3.05) is 0 Å². The van der Waals surface area contributed by atoms with E-state index in [1.807, 2.05) is 32.1 Å². The van der Waals surface area contributed by atoms with Crippen molar-refractivity contribution in [2.45, 2.75) is 20.3 Å². The van der Waals surface area contributed by atoms with Crippen LogP contribution in [0.4, 0.5) is 0 Å². The van der Waals surface area contributed by atoms with E-state index < -0.39 is 0 Å². The van der Waals surface area contributed by atoms with Crippen molar-refractivity contribution in [3.63, 3.8) is 0 Å². The minimum absolute atomic E-state index is 0.677. The van der Waals surface area contributed by atoms with Crippen molar-refractivity contribution >= 4 is 5.76 Å². The zero-order valence-corrected chi connectivity index (χ0v) is 9.94. The van der Waals surface area contributed by atoms with Crippen molar-refractivity contribution < 1.29 is 4.74 Å². The fraction of sp³-hybridized carbons (Fsp3) is 0.200. The van der Waals surface area contributed by atoms with Gasteiger partial charge in [0.1, 0.15) is 5.76 Å². The van der Waals surface area contributed by atoms with Crippen LogP contribution >= 0.6 is 0 Å². The van der Waals surface area contributed by atoms with Gasteiger partial charge in [0.2, 0.25) is 0 Å². The van der Waals surface area contributed by atoms with E-state index in [4.69, 9.17) is 4.74 Å². The van der Waals surface area contributed by atoms with E-state index in [0.29, 0.717) is 5.76 Å². The highest BCUT2D eigenvalue weighted by Crippen LogP contribution is 2.15. The van der Waals surface area contributed by atoms with Crippen molar-refractivity contribution in [1.29, 1.82) is 0 Å². The summed E-state index contributed by atoms with van der Waals surface area (Å²) in [4.78, 5) is 0. The van der Waals surface area contributed by atoms with Gasteiger partial charge in [-0.3, -0.25) is 0 Å². The maximum atomic E-state index is 5.31. The van der Waals surface area contributed by atoms with Crippen molar-refractivity contribution in [2.24, 2.45) is 0 Å². The summed E-state index contributed by atoms with van der Waals surface area (Å²) in [5.41, 5.74) is 2.31. The number of hydrogen-bond acceptors (Lipinski definition) is 1. The average molecular weight is 214 g/mol. The average Bonchev–Trinajstić information content (AvgIpc) is 2.34. The summed E-state index contributed by atoms with van der Waals surface area (Å²) in [6, 6.07) is 8.26. The molecule has 0 unspecified atom stereocenters. The highest BCUT2D eigenvalue weighted by Gasteiger charge is 1.98. The van der Waals surface area contributed by atoms with Crippen LogP contribution in [0.25, 0.3) is 5.76 Å². The van der Waals surface area contributed by atoms with E-state index in [1.165, 1.54) is 5.56 Å². The Hall–Kier alpha value is -1.76.